The van der Waals surface area contributed by atoms with E-state index in [1.165, 1.54) is 11.1 Å². The molecule has 0 unspecified atom stereocenters. The predicted molar refractivity (Wildman–Crippen MR) is 106 cm³/mol. The number of hydrogen-bond donors (Lipinski definition) is 1. The number of pyridine rings is 1. The first kappa shape index (κ1) is 18.9. The van der Waals surface area contributed by atoms with Crippen LogP contribution in [0.15, 0.2) is 36.5 Å². The number of aromatic nitrogens is 1. The van der Waals surface area contributed by atoms with E-state index in [0.29, 0.717) is 31.7 Å². The quantitative estimate of drug-likeness (QED) is 0.903. The monoisotopic (exact) mass is 366 g/mol. The molecule has 0 spiro atoms. The average molecular weight is 366 g/mol. The Morgan fingerprint density at radius 3 is 2.37 bits per heavy atom. The molecule has 2 aromatic rings. The molecule has 0 aliphatic carbocycles. The molecule has 0 saturated carbocycles. The summed E-state index contributed by atoms with van der Waals surface area (Å²) in [5, 5.41) is 3.38. The van der Waals surface area contributed by atoms with E-state index in [9.17, 15) is 9.59 Å². The Morgan fingerprint density at radius 2 is 1.78 bits per heavy atom. The van der Waals surface area contributed by atoms with Gasteiger partial charge in [-0.1, -0.05) is 25.1 Å². The van der Waals surface area contributed by atoms with Gasteiger partial charge in [-0.25, -0.2) is 4.98 Å². The number of anilines is 2. The maximum Gasteiger partial charge on any atom is 0.255 e. The first-order chi connectivity index (χ1) is 13.0. The predicted octanol–water partition coefficient (Wildman–Crippen LogP) is 3.00. The number of aryl methyl sites for hydroxylation is 2. The van der Waals surface area contributed by atoms with Crippen LogP contribution in [0.5, 0.6) is 0 Å². The van der Waals surface area contributed by atoms with Gasteiger partial charge in [0.1, 0.15) is 5.82 Å². The van der Waals surface area contributed by atoms with Crippen molar-refractivity contribution in [3.05, 3.63) is 53.2 Å². The Balaban J connectivity index is 1.67. The molecule has 2 amide bonds. The van der Waals surface area contributed by atoms with Crippen molar-refractivity contribution in [1.82, 2.24) is 14.8 Å². The number of nitrogens with zero attached hydrogens (tertiary/aromatic N) is 3. The lowest BCUT2D eigenvalue weighted by atomic mass is 10.1. The average Bonchev–Trinajstić information content (AvgIpc) is 2.69. The van der Waals surface area contributed by atoms with Crippen LogP contribution in [0.4, 0.5) is 11.5 Å². The number of carbonyl (C=O) groups is 2. The fourth-order valence-electron chi connectivity index (χ4n) is 3.33. The van der Waals surface area contributed by atoms with Crippen molar-refractivity contribution in [3.8, 4) is 0 Å². The van der Waals surface area contributed by atoms with Crippen LogP contribution in [-0.4, -0.2) is 52.8 Å². The standard InChI is InChI=1S/C21H26N4O2/c1-4-17-7-5-6-15(2)20(17)23-19-9-8-18(14-22-19)21(27)25-12-10-24(11-13-25)16(3)26/h5-9,14H,4,10-13H2,1-3H3,(H,22,23). The van der Waals surface area contributed by atoms with Gasteiger partial charge in [-0.15, -0.1) is 0 Å². The number of carbonyl (C=O) groups excluding carboxylic acids is 2. The third-order valence-corrected chi connectivity index (χ3v) is 5.02. The first-order valence-corrected chi connectivity index (χ1v) is 9.36. The highest BCUT2D eigenvalue weighted by Gasteiger charge is 2.23. The minimum absolute atomic E-state index is 0.0395. The number of benzene rings is 1. The molecule has 27 heavy (non-hydrogen) atoms. The van der Waals surface area contributed by atoms with Crippen LogP contribution >= 0.6 is 0 Å². The molecule has 1 saturated heterocycles. The molecule has 0 atom stereocenters. The fourth-order valence-corrected chi connectivity index (χ4v) is 3.33. The number of amides is 2. The van der Waals surface area contributed by atoms with Crippen molar-refractivity contribution in [3.63, 3.8) is 0 Å². The number of nitrogens with one attached hydrogen (secondary N) is 1. The molecular weight excluding hydrogens is 340 g/mol. The summed E-state index contributed by atoms with van der Waals surface area (Å²) < 4.78 is 0. The van der Waals surface area contributed by atoms with E-state index in [-0.39, 0.29) is 11.8 Å². The lowest BCUT2D eigenvalue weighted by Crippen LogP contribution is -2.50. The third-order valence-electron chi connectivity index (χ3n) is 5.02. The van der Waals surface area contributed by atoms with E-state index in [1.54, 1.807) is 29.0 Å². The van der Waals surface area contributed by atoms with Crippen LogP contribution in [0, 0.1) is 6.92 Å². The van der Waals surface area contributed by atoms with Gasteiger partial charge < -0.3 is 15.1 Å². The summed E-state index contributed by atoms with van der Waals surface area (Å²) in [6.45, 7) is 8.04. The van der Waals surface area contributed by atoms with Gasteiger partial charge in [-0.05, 0) is 36.6 Å². The minimum Gasteiger partial charge on any atom is -0.340 e. The molecule has 6 heteroatoms. The smallest absolute Gasteiger partial charge is 0.255 e. The van der Waals surface area contributed by atoms with E-state index in [2.05, 4.69) is 42.3 Å². The minimum atomic E-state index is -0.0395. The van der Waals surface area contributed by atoms with Crippen LogP contribution in [0.2, 0.25) is 0 Å². The summed E-state index contributed by atoms with van der Waals surface area (Å²) in [5.74, 6) is 0.737. The van der Waals surface area contributed by atoms with Gasteiger partial charge >= 0.3 is 0 Å². The van der Waals surface area contributed by atoms with E-state index in [1.807, 2.05) is 6.07 Å². The van der Waals surface area contributed by atoms with Crippen LogP contribution in [0.1, 0.15) is 35.3 Å². The Morgan fingerprint density at radius 1 is 1.07 bits per heavy atom. The molecule has 0 radical (unpaired) electrons. The maximum atomic E-state index is 12.7. The Kier molecular flexibility index (Phi) is 5.74. The highest BCUT2D eigenvalue weighted by Crippen LogP contribution is 2.24. The first-order valence-electron chi connectivity index (χ1n) is 9.36. The Labute approximate surface area is 160 Å². The van der Waals surface area contributed by atoms with Crippen molar-refractivity contribution >= 4 is 23.3 Å². The molecule has 3 rings (SSSR count). The van der Waals surface area contributed by atoms with Crippen molar-refractivity contribution in [1.29, 1.82) is 0 Å². The van der Waals surface area contributed by atoms with Gasteiger partial charge in [-0.3, -0.25) is 9.59 Å². The number of para-hydroxylation sites is 1. The molecule has 6 nitrogen and oxygen atoms in total. The molecule has 1 aromatic heterocycles. The lowest BCUT2D eigenvalue weighted by molar-refractivity contribution is -0.130. The second-order valence-electron chi connectivity index (χ2n) is 6.82. The van der Waals surface area contributed by atoms with E-state index in [0.717, 1.165) is 17.9 Å². The summed E-state index contributed by atoms with van der Waals surface area (Å²) in [4.78, 5) is 32.0. The molecular formula is C21H26N4O2. The summed E-state index contributed by atoms with van der Waals surface area (Å²) >= 11 is 0. The van der Waals surface area contributed by atoms with E-state index < -0.39 is 0 Å². The molecule has 1 N–H and O–H groups in total. The van der Waals surface area contributed by atoms with Crippen molar-refractivity contribution in [2.24, 2.45) is 0 Å². The Hall–Kier alpha value is -2.89. The zero-order valence-corrected chi connectivity index (χ0v) is 16.2. The van der Waals surface area contributed by atoms with Gasteiger partial charge in [0.15, 0.2) is 0 Å². The second-order valence-corrected chi connectivity index (χ2v) is 6.82. The normalized spacial score (nSPS) is 14.2. The maximum absolute atomic E-state index is 12.7. The highest BCUT2D eigenvalue weighted by molar-refractivity contribution is 5.94. The van der Waals surface area contributed by atoms with Gasteiger partial charge in [0.25, 0.3) is 5.91 Å². The van der Waals surface area contributed by atoms with Gasteiger partial charge in [0.2, 0.25) is 5.91 Å². The summed E-state index contributed by atoms with van der Waals surface area (Å²) in [6, 6.07) is 9.87. The molecule has 1 aromatic carbocycles. The summed E-state index contributed by atoms with van der Waals surface area (Å²) in [5.41, 5.74) is 4.05. The molecule has 1 fully saturated rings. The zero-order valence-electron chi connectivity index (χ0n) is 16.2. The van der Waals surface area contributed by atoms with Crippen molar-refractivity contribution < 1.29 is 9.59 Å². The fraction of sp³-hybridized carbons (Fsp3) is 0.381. The third kappa shape index (κ3) is 4.27. The number of hydrogen-bond acceptors (Lipinski definition) is 4. The van der Waals surface area contributed by atoms with Crippen LogP contribution < -0.4 is 5.32 Å². The molecule has 142 valence electrons. The van der Waals surface area contributed by atoms with Crippen molar-refractivity contribution in [2.75, 3.05) is 31.5 Å². The van der Waals surface area contributed by atoms with Gasteiger partial charge in [0, 0.05) is 45.0 Å². The van der Waals surface area contributed by atoms with Gasteiger partial charge in [0.05, 0.1) is 5.56 Å². The highest BCUT2D eigenvalue weighted by atomic mass is 16.2. The lowest BCUT2D eigenvalue weighted by Gasteiger charge is -2.34. The topological polar surface area (TPSA) is 65.5 Å². The SMILES string of the molecule is CCc1cccc(C)c1Nc1ccc(C(=O)N2CCN(C(C)=O)CC2)cn1. The second kappa shape index (κ2) is 8.20. The number of piperazine rings is 1. The Bertz CT molecular complexity index is 825. The summed E-state index contributed by atoms with van der Waals surface area (Å²) in [6.07, 6.45) is 2.55. The van der Waals surface area contributed by atoms with Gasteiger partial charge in [-0.2, -0.15) is 0 Å². The molecule has 1 aliphatic rings. The molecule has 1 aliphatic heterocycles. The van der Waals surface area contributed by atoms with Crippen LogP contribution in [0.3, 0.4) is 0 Å². The largest absolute Gasteiger partial charge is 0.340 e. The summed E-state index contributed by atoms with van der Waals surface area (Å²) in [7, 11) is 0. The van der Waals surface area contributed by atoms with Crippen LogP contribution in [0.25, 0.3) is 0 Å². The molecule has 0 bridgehead atoms. The molecule has 2 heterocycles. The van der Waals surface area contributed by atoms with Crippen LogP contribution in [-0.2, 0) is 11.2 Å². The van der Waals surface area contributed by atoms with E-state index in [4.69, 9.17) is 0 Å². The van der Waals surface area contributed by atoms with Crippen molar-refractivity contribution in [2.45, 2.75) is 27.2 Å². The number of rotatable bonds is 4. The van der Waals surface area contributed by atoms with E-state index >= 15 is 0 Å². The zero-order chi connectivity index (χ0) is 19.4.